The number of hydrogen-bond donors (Lipinski definition) is 1. The van der Waals surface area contributed by atoms with Crippen molar-refractivity contribution in [1.82, 2.24) is 5.32 Å². The van der Waals surface area contributed by atoms with Crippen LogP contribution in [0.1, 0.15) is 65.7 Å². The van der Waals surface area contributed by atoms with Crippen LogP contribution in [0.15, 0.2) is 0 Å². The molecule has 1 unspecified atom stereocenters. The van der Waals surface area contributed by atoms with E-state index in [0.29, 0.717) is 12.6 Å². The van der Waals surface area contributed by atoms with Crippen LogP contribution in [-0.4, -0.2) is 37.4 Å². The summed E-state index contributed by atoms with van der Waals surface area (Å²) in [6, 6.07) is 0.495. The van der Waals surface area contributed by atoms with Gasteiger partial charge in [-0.3, -0.25) is 10.1 Å². The van der Waals surface area contributed by atoms with Gasteiger partial charge in [0.1, 0.15) is 5.54 Å². The van der Waals surface area contributed by atoms with Crippen LogP contribution in [0.2, 0.25) is 0 Å². The molecule has 4 nitrogen and oxygen atoms in total. The number of carbonyl (C=O) groups is 1. The quantitative estimate of drug-likeness (QED) is 0.442. The summed E-state index contributed by atoms with van der Waals surface area (Å²) < 4.78 is 10.8. The zero-order valence-corrected chi connectivity index (χ0v) is 13.4. The molecule has 0 bridgehead atoms. The van der Waals surface area contributed by atoms with Crippen molar-refractivity contribution in [2.45, 2.75) is 77.3 Å². The van der Waals surface area contributed by atoms with E-state index in [-0.39, 0.29) is 5.97 Å². The van der Waals surface area contributed by atoms with Gasteiger partial charge in [0, 0.05) is 19.3 Å². The molecule has 1 aliphatic carbocycles. The Labute approximate surface area is 123 Å². The molecule has 0 aromatic carbocycles. The number of carbonyl (C=O) groups excluding carboxylic acids is 1. The molecule has 0 saturated heterocycles. The normalized spacial score (nSPS) is 17.8. The van der Waals surface area contributed by atoms with Crippen molar-refractivity contribution < 1.29 is 14.3 Å². The van der Waals surface area contributed by atoms with Gasteiger partial charge >= 0.3 is 5.97 Å². The van der Waals surface area contributed by atoms with E-state index < -0.39 is 5.54 Å². The number of esters is 1. The summed E-state index contributed by atoms with van der Waals surface area (Å²) in [6.45, 7) is 8.00. The highest BCUT2D eigenvalue weighted by atomic mass is 16.5. The Morgan fingerprint density at radius 1 is 1.20 bits per heavy atom. The highest BCUT2D eigenvalue weighted by molar-refractivity contribution is 5.80. The predicted octanol–water partition coefficient (Wildman–Crippen LogP) is 3.05. The Morgan fingerprint density at radius 2 is 1.90 bits per heavy atom. The summed E-state index contributed by atoms with van der Waals surface area (Å²) >= 11 is 0. The van der Waals surface area contributed by atoms with Crippen LogP contribution >= 0.6 is 0 Å². The van der Waals surface area contributed by atoms with Gasteiger partial charge in [-0.05, 0) is 46.0 Å². The SMILES string of the molecule is CCCCCOCCCC(C)(NC1CC1)C(=O)OCC. The smallest absolute Gasteiger partial charge is 0.326 e. The molecule has 0 aromatic rings. The van der Waals surface area contributed by atoms with E-state index in [9.17, 15) is 4.79 Å². The molecule has 0 amide bonds. The largest absolute Gasteiger partial charge is 0.465 e. The zero-order chi connectivity index (χ0) is 14.8. The first-order chi connectivity index (χ1) is 9.62. The summed E-state index contributed by atoms with van der Waals surface area (Å²) in [5, 5.41) is 3.43. The first-order valence-corrected chi connectivity index (χ1v) is 8.15. The second-order valence-electron chi connectivity index (χ2n) is 5.89. The summed E-state index contributed by atoms with van der Waals surface area (Å²) in [5.41, 5.74) is -0.552. The molecule has 4 heteroatoms. The first-order valence-electron chi connectivity index (χ1n) is 8.15. The Hall–Kier alpha value is -0.610. The third-order valence-corrected chi connectivity index (χ3v) is 3.68. The fourth-order valence-corrected chi connectivity index (χ4v) is 2.29. The molecule has 1 rings (SSSR count). The molecular weight excluding hydrogens is 254 g/mol. The molecule has 0 heterocycles. The van der Waals surface area contributed by atoms with Crippen LogP contribution in [0.5, 0.6) is 0 Å². The van der Waals surface area contributed by atoms with Crippen LogP contribution in [0.3, 0.4) is 0 Å². The Morgan fingerprint density at radius 3 is 2.50 bits per heavy atom. The van der Waals surface area contributed by atoms with Gasteiger partial charge in [-0.25, -0.2) is 0 Å². The number of ether oxygens (including phenoxy) is 2. The number of hydrogen-bond acceptors (Lipinski definition) is 4. The van der Waals surface area contributed by atoms with E-state index in [1.54, 1.807) is 0 Å². The van der Waals surface area contributed by atoms with Crippen molar-refractivity contribution in [3.05, 3.63) is 0 Å². The Kier molecular flexibility index (Phi) is 8.15. The first kappa shape index (κ1) is 17.4. The molecule has 1 fully saturated rings. The number of unbranched alkanes of at least 4 members (excludes halogenated alkanes) is 2. The van der Waals surface area contributed by atoms with Crippen molar-refractivity contribution in [3.8, 4) is 0 Å². The highest BCUT2D eigenvalue weighted by Crippen LogP contribution is 2.25. The van der Waals surface area contributed by atoms with E-state index in [1.165, 1.54) is 25.7 Å². The topological polar surface area (TPSA) is 47.6 Å². The monoisotopic (exact) mass is 285 g/mol. The van der Waals surface area contributed by atoms with Crippen molar-refractivity contribution >= 4 is 5.97 Å². The predicted molar refractivity (Wildman–Crippen MR) is 80.8 cm³/mol. The fourth-order valence-electron chi connectivity index (χ4n) is 2.29. The summed E-state index contributed by atoms with van der Waals surface area (Å²) in [6.07, 6.45) is 7.58. The molecule has 1 aliphatic rings. The minimum absolute atomic E-state index is 0.127. The zero-order valence-electron chi connectivity index (χ0n) is 13.4. The van der Waals surface area contributed by atoms with E-state index in [1.807, 2.05) is 13.8 Å². The van der Waals surface area contributed by atoms with Gasteiger partial charge in [-0.2, -0.15) is 0 Å². The standard InChI is InChI=1S/C16H31NO3/c1-4-6-7-12-19-13-8-11-16(3,15(18)20-5-2)17-14-9-10-14/h14,17H,4-13H2,1-3H3. The lowest BCUT2D eigenvalue weighted by Gasteiger charge is -2.28. The van der Waals surface area contributed by atoms with Crippen molar-refractivity contribution in [2.75, 3.05) is 19.8 Å². The molecule has 20 heavy (non-hydrogen) atoms. The van der Waals surface area contributed by atoms with Gasteiger partial charge in [-0.1, -0.05) is 19.8 Å². The average molecular weight is 285 g/mol. The second kappa shape index (κ2) is 9.35. The number of rotatable bonds is 12. The molecule has 0 aliphatic heterocycles. The maximum absolute atomic E-state index is 12.1. The van der Waals surface area contributed by atoms with Crippen LogP contribution in [-0.2, 0) is 14.3 Å². The van der Waals surface area contributed by atoms with E-state index in [4.69, 9.17) is 9.47 Å². The summed E-state index contributed by atoms with van der Waals surface area (Å²) in [7, 11) is 0. The molecule has 1 atom stereocenters. The van der Waals surface area contributed by atoms with Crippen LogP contribution in [0.25, 0.3) is 0 Å². The summed E-state index contributed by atoms with van der Waals surface area (Å²) in [5.74, 6) is -0.127. The third-order valence-electron chi connectivity index (χ3n) is 3.68. The molecule has 118 valence electrons. The van der Waals surface area contributed by atoms with E-state index in [0.717, 1.165) is 32.5 Å². The minimum Gasteiger partial charge on any atom is -0.465 e. The molecular formula is C16H31NO3. The fraction of sp³-hybridized carbons (Fsp3) is 0.938. The lowest BCUT2D eigenvalue weighted by Crippen LogP contribution is -2.51. The lowest BCUT2D eigenvalue weighted by molar-refractivity contribution is -0.151. The van der Waals surface area contributed by atoms with Crippen molar-refractivity contribution in [1.29, 1.82) is 0 Å². The molecule has 1 N–H and O–H groups in total. The molecule has 1 saturated carbocycles. The van der Waals surface area contributed by atoms with Gasteiger partial charge in [0.25, 0.3) is 0 Å². The van der Waals surface area contributed by atoms with Gasteiger partial charge in [-0.15, -0.1) is 0 Å². The lowest BCUT2D eigenvalue weighted by atomic mass is 9.95. The van der Waals surface area contributed by atoms with Crippen LogP contribution < -0.4 is 5.32 Å². The molecule has 0 spiro atoms. The average Bonchev–Trinajstić information content (AvgIpc) is 3.22. The minimum atomic E-state index is -0.552. The van der Waals surface area contributed by atoms with Crippen LogP contribution in [0.4, 0.5) is 0 Å². The highest BCUT2D eigenvalue weighted by Gasteiger charge is 2.39. The van der Waals surface area contributed by atoms with Gasteiger partial charge in [0.15, 0.2) is 0 Å². The maximum Gasteiger partial charge on any atom is 0.326 e. The third kappa shape index (κ3) is 6.71. The Bertz CT molecular complexity index is 279. The maximum atomic E-state index is 12.1. The van der Waals surface area contributed by atoms with Crippen LogP contribution in [0, 0.1) is 0 Å². The molecule has 0 radical (unpaired) electrons. The van der Waals surface area contributed by atoms with Crippen molar-refractivity contribution in [3.63, 3.8) is 0 Å². The van der Waals surface area contributed by atoms with E-state index >= 15 is 0 Å². The number of nitrogens with one attached hydrogen (secondary N) is 1. The van der Waals surface area contributed by atoms with Gasteiger partial charge in [0.2, 0.25) is 0 Å². The van der Waals surface area contributed by atoms with E-state index in [2.05, 4.69) is 12.2 Å². The Balaban J connectivity index is 2.23. The summed E-state index contributed by atoms with van der Waals surface area (Å²) in [4.78, 5) is 12.1. The second-order valence-corrected chi connectivity index (χ2v) is 5.89. The van der Waals surface area contributed by atoms with Crippen molar-refractivity contribution in [2.24, 2.45) is 0 Å². The molecule has 0 aromatic heterocycles. The van der Waals surface area contributed by atoms with Gasteiger partial charge < -0.3 is 9.47 Å². The van der Waals surface area contributed by atoms with Gasteiger partial charge in [0.05, 0.1) is 6.61 Å².